The number of hydrogen-bond donors (Lipinski definition) is 2. The molecule has 4 aliphatic rings. The zero-order valence-electron chi connectivity index (χ0n) is 15.0. The molecule has 0 aliphatic carbocycles. The van der Waals surface area contributed by atoms with Crippen molar-refractivity contribution in [2.75, 3.05) is 25.4 Å². The molecule has 0 spiro atoms. The summed E-state index contributed by atoms with van der Waals surface area (Å²) >= 11 is 3.35. The summed E-state index contributed by atoms with van der Waals surface area (Å²) in [6.45, 7) is 7.90. The van der Waals surface area contributed by atoms with Gasteiger partial charge in [0.25, 0.3) is 0 Å². The second-order valence-corrected chi connectivity index (χ2v) is 9.95. The number of carbonyl (C=O) groups excluding carboxylic acids is 1. The molecular formula is C17H23N3O4S2. The van der Waals surface area contributed by atoms with E-state index in [2.05, 4.69) is 9.89 Å². The van der Waals surface area contributed by atoms with Gasteiger partial charge in [0.15, 0.2) is 5.17 Å². The molecule has 9 heteroatoms. The number of aliphatic hydroxyl groups is 1. The van der Waals surface area contributed by atoms with Crippen molar-refractivity contribution in [2.24, 2.45) is 16.3 Å². The van der Waals surface area contributed by atoms with Crippen LogP contribution < -0.4 is 0 Å². The van der Waals surface area contributed by atoms with E-state index in [4.69, 9.17) is 0 Å². The summed E-state index contributed by atoms with van der Waals surface area (Å²) in [5, 5.41) is 21.2. The average Bonchev–Trinajstić information content (AvgIpc) is 3.14. The summed E-state index contributed by atoms with van der Waals surface area (Å²) in [5.74, 6) is -0.402. The van der Waals surface area contributed by atoms with Crippen molar-refractivity contribution >= 4 is 40.6 Å². The summed E-state index contributed by atoms with van der Waals surface area (Å²) in [4.78, 5) is 33.4. The van der Waals surface area contributed by atoms with Crippen LogP contribution in [0.15, 0.2) is 15.6 Å². The van der Waals surface area contributed by atoms with Crippen LogP contribution in [0.3, 0.4) is 0 Å². The van der Waals surface area contributed by atoms with Crippen LogP contribution in [0.5, 0.6) is 0 Å². The fourth-order valence-corrected chi connectivity index (χ4v) is 6.72. The first-order valence-corrected chi connectivity index (χ1v) is 10.7. The van der Waals surface area contributed by atoms with Crippen molar-refractivity contribution in [1.82, 2.24) is 9.80 Å². The molecule has 0 saturated carbocycles. The molecule has 0 aromatic rings. The molecular weight excluding hydrogens is 374 g/mol. The number of carboxylic acid groups (broad SMARTS) is 1. The Bertz CT molecular complexity index is 732. The molecule has 26 heavy (non-hydrogen) atoms. The Morgan fingerprint density at radius 3 is 2.69 bits per heavy atom. The summed E-state index contributed by atoms with van der Waals surface area (Å²) in [5.41, 5.74) is -0.801. The molecule has 0 radical (unpaired) electrons. The second-order valence-electron chi connectivity index (χ2n) is 7.54. The maximum Gasteiger partial charge on any atom is 0.353 e. The van der Waals surface area contributed by atoms with E-state index >= 15 is 0 Å². The molecule has 1 amide bonds. The van der Waals surface area contributed by atoms with Crippen LogP contribution >= 0.6 is 23.5 Å². The predicted molar refractivity (Wildman–Crippen MR) is 102 cm³/mol. The van der Waals surface area contributed by atoms with E-state index in [-0.39, 0.29) is 23.6 Å². The van der Waals surface area contributed by atoms with Gasteiger partial charge in [-0.05, 0) is 13.8 Å². The van der Waals surface area contributed by atoms with Gasteiger partial charge in [0, 0.05) is 34.9 Å². The van der Waals surface area contributed by atoms with E-state index in [0.717, 1.165) is 35.5 Å². The number of aliphatic hydroxyl groups excluding tert-OH is 1. The number of aliphatic carboxylic acids is 1. The highest BCUT2D eigenvalue weighted by molar-refractivity contribution is 8.14. The number of aliphatic imine (C=N–C) groups is 1. The Morgan fingerprint density at radius 2 is 2.15 bits per heavy atom. The van der Waals surface area contributed by atoms with Crippen molar-refractivity contribution in [3.05, 3.63) is 10.6 Å². The summed E-state index contributed by atoms with van der Waals surface area (Å²) in [7, 11) is 0. The van der Waals surface area contributed by atoms with Gasteiger partial charge in [0.1, 0.15) is 5.70 Å². The highest BCUT2D eigenvalue weighted by Crippen LogP contribution is 2.57. The van der Waals surface area contributed by atoms with Crippen molar-refractivity contribution in [3.8, 4) is 0 Å². The first-order chi connectivity index (χ1) is 12.3. The van der Waals surface area contributed by atoms with Crippen LogP contribution in [0.2, 0.25) is 0 Å². The molecule has 0 aromatic carbocycles. The molecule has 2 N–H and O–H groups in total. The number of amides is 1. The topological polar surface area (TPSA) is 93.4 Å². The number of β-lactam (4-membered cyclic amide) rings is 1. The summed E-state index contributed by atoms with van der Waals surface area (Å²) < 4.78 is 0. The van der Waals surface area contributed by atoms with E-state index in [9.17, 15) is 19.8 Å². The smallest absolute Gasteiger partial charge is 0.353 e. The van der Waals surface area contributed by atoms with E-state index < -0.39 is 17.5 Å². The molecule has 0 unspecified atom stereocenters. The first-order valence-electron chi connectivity index (χ1n) is 8.84. The Kier molecular flexibility index (Phi) is 4.32. The van der Waals surface area contributed by atoms with Gasteiger partial charge in [0.05, 0.1) is 24.1 Å². The normalized spacial score (nSPS) is 35.2. The quantitative estimate of drug-likeness (QED) is 0.685. The highest BCUT2D eigenvalue weighted by atomic mass is 32.2. The first kappa shape index (κ1) is 18.2. The number of nitrogens with zero attached hydrogens (tertiary/aromatic N) is 3. The molecule has 0 bridgehead atoms. The Balaban J connectivity index is 1.52. The summed E-state index contributed by atoms with van der Waals surface area (Å²) in [6, 6.07) is -0.283. The minimum absolute atomic E-state index is 0.0874. The zero-order valence-corrected chi connectivity index (χ0v) is 16.6. The van der Waals surface area contributed by atoms with Gasteiger partial charge in [-0.3, -0.25) is 14.7 Å². The number of carbonyl (C=O) groups is 2. The second kappa shape index (κ2) is 6.17. The number of likely N-dealkylation sites (tertiary alicyclic amines) is 1. The van der Waals surface area contributed by atoms with Crippen molar-refractivity contribution in [3.63, 3.8) is 0 Å². The molecule has 2 fully saturated rings. The number of rotatable bonds is 4. The molecule has 4 heterocycles. The molecule has 4 rings (SSSR count). The number of hydrogen-bond acceptors (Lipinski definition) is 7. The van der Waals surface area contributed by atoms with Gasteiger partial charge < -0.3 is 15.1 Å². The zero-order chi connectivity index (χ0) is 18.8. The fraction of sp³-hybridized carbons (Fsp3) is 0.706. The Morgan fingerprint density at radius 1 is 1.46 bits per heavy atom. The lowest BCUT2D eigenvalue weighted by atomic mass is 9.66. The lowest BCUT2D eigenvalue weighted by molar-refractivity contribution is -0.181. The van der Waals surface area contributed by atoms with E-state index in [1.165, 1.54) is 4.90 Å². The minimum Gasteiger partial charge on any atom is -0.477 e. The minimum atomic E-state index is -1.06. The number of thioether (sulfide) groups is 2. The van der Waals surface area contributed by atoms with Gasteiger partial charge in [-0.1, -0.05) is 18.7 Å². The van der Waals surface area contributed by atoms with E-state index in [0.29, 0.717) is 5.25 Å². The van der Waals surface area contributed by atoms with E-state index in [1.807, 2.05) is 6.92 Å². The maximum atomic E-state index is 12.6. The fourth-order valence-electron chi connectivity index (χ4n) is 4.34. The third kappa shape index (κ3) is 2.36. The van der Waals surface area contributed by atoms with Crippen LogP contribution in [-0.4, -0.2) is 79.8 Å². The van der Waals surface area contributed by atoms with Gasteiger partial charge in [0.2, 0.25) is 5.91 Å². The third-order valence-electron chi connectivity index (χ3n) is 5.99. The SMILES string of the molecule is C[C@H]1C(SC2CN(C3=NCCS3)C2)=C(C(=O)O)N2C(=O)[C@](C)([C@@H](C)O)[C@@H]12. The van der Waals surface area contributed by atoms with Gasteiger partial charge in [-0.2, -0.15) is 0 Å². The number of carboxylic acids is 1. The molecule has 4 atom stereocenters. The van der Waals surface area contributed by atoms with Crippen molar-refractivity contribution < 1.29 is 19.8 Å². The Hall–Kier alpha value is -1.19. The number of amidine groups is 1. The van der Waals surface area contributed by atoms with Gasteiger partial charge in [-0.25, -0.2) is 4.79 Å². The van der Waals surface area contributed by atoms with Crippen LogP contribution in [0.1, 0.15) is 20.8 Å². The van der Waals surface area contributed by atoms with Crippen LogP contribution in [0.4, 0.5) is 0 Å². The maximum absolute atomic E-state index is 12.6. The average molecular weight is 398 g/mol. The van der Waals surface area contributed by atoms with Crippen molar-refractivity contribution in [2.45, 2.75) is 38.2 Å². The molecule has 142 valence electrons. The molecule has 2 saturated heterocycles. The van der Waals surface area contributed by atoms with Gasteiger partial charge >= 0.3 is 5.97 Å². The molecule has 7 nitrogen and oxygen atoms in total. The lowest BCUT2D eigenvalue weighted by Gasteiger charge is -2.54. The third-order valence-corrected chi connectivity index (χ3v) is 8.47. The lowest BCUT2D eigenvalue weighted by Crippen LogP contribution is -2.70. The predicted octanol–water partition coefficient (Wildman–Crippen LogP) is 1.05. The molecule has 4 aliphatic heterocycles. The summed E-state index contributed by atoms with van der Waals surface area (Å²) in [6.07, 6.45) is -0.810. The van der Waals surface area contributed by atoms with Gasteiger partial charge in [-0.15, -0.1) is 11.8 Å². The van der Waals surface area contributed by atoms with Crippen LogP contribution in [0, 0.1) is 11.3 Å². The van der Waals surface area contributed by atoms with Crippen molar-refractivity contribution in [1.29, 1.82) is 0 Å². The number of fused-ring (bicyclic) bond motifs is 1. The standard InChI is InChI=1S/C17H23N3O4S2/c1-8-12(26-10-6-19(7-10)16-18-4-5-25-16)11(14(22)23)20-13(8)17(3,9(2)21)15(20)24/h8-10,13,21H,4-7H2,1-3H3,(H,22,23)/t8-,9+,13+,17+/m0/s1. The Labute approximate surface area is 160 Å². The largest absolute Gasteiger partial charge is 0.477 e. The monoisotopic (exact) mass is 397 g/mol. The molecule has 0 aromatic heterocycles. The highest BCUT2D eigenvalue weighted by Gasteiger charge is 2.67. The van der Waals surface area contributed by atoms with E-state index in [1.54, 1.807) is 37.4 Å². The van der Waals surface area contributed by atoms with Crippen LogP contribution in [0.25, 0.3) is 0 Å². The van der Waals surface area contributed by atoms with Crippen LogP contribution in [-0.2, 0) is 9.59 Å².